The highest BCUT2D eigenvalue weighted by molar-refractivity contribution is 5.47. The molecule has 1 fully saturated rings. The van der Waals surface area contributed by atoms with E-state index >= 15 is 0 Å². The molecule has 2 heterocycles. The average molecular weight is 206 g/mol. The number of anilines is 1. The first-order valence-electron chi connectivity index (χ1n) is 5.38. The summed E-state index contributed by atoms with van der Waals surface area (Å²) in [5, 5.41) is 0. The van der Waals surface area contributed by atoms with Crippen LogP contribution < -0.4 is 10.6 Å². The first-order chi connectivity index (χ1) is 7.31. The Morgan fingerprint density at radius 2 is 2.07 bits per heavy atom. The smallest absolute Gasteiger partial charge is 0.133 e. The summed E-state index contributed by atoms with van der Waals surface area (Å²) in [5.41, 5.74) is 6.85. The Morgan fingerprint density at radius 1 is 1.33 bits per heavy atom. The molecule has 1 aliphatic rings. The molecule has 1 aromatic rings. The highest BCUT2D eigenvalue weighted by Gasteiger charge is 2.16. The number of rotatable bonds is 2. The second-order valence-corrected chi connectivity index (χ2v) is 3.98. The maximum Gasteiger partial charge on any atom is 0.133 e. The largest absolute Gasteiger partial charge is 0.354 e. The Morgan fingerprint density at radius 3 is 2.73 bits per heavy atom. The summed E-state index contributed by atoms with van der Waals surface area (Å²) in [5.74, 6) is 1.06. The van der Waals surface area contributed by atoms with Crippen LogP contribution in [0.1, 0.15) is 5.56 Å². The highest BCUT2D eigenvalue weighted by atomic mass is 15.3. The van der Waals surface area contributed by atoms with Crippen molar-refractivity contribution in [3.05, 3.63) is 23.9 Å². The molecule has 0 amide bonds. The van der Waals surface area contributed by atoms with Crippen molar-refractivity contribution in [2.75, 3.05) is 38.1 Å². The summed E-state index contributed by atoms with van der Waals surface area (Å²) in [6.45, 7) is 4.84. The highest BCUT2D eigenvalue weighted by Crippen LogP contribution is 2.17. The molecule has 0 bridgehead atoms. The Labute approximate surface area is 90.7 Å². The van der Waals surface area contributed by atoms with Gasteiger partial charge in [-0.1, -0.05) is 6.07 Å². The maximum atomic E-state index is 5.71. The molecule has 82 valence electrons. The van der Waals surface area contributed by atoms with Crippen LogP contribution in [0.3, 0.4) is 0 Å². The van der Waals surface area contributed by atoms with Gasteiger partial charge >= 0.3 is 0 Å². The molecule has 1 aromatic heterocycles. The monoisotopic (exact) mass is 206 g/mol. The molecular formula is C11H18N4. The molecule has 1 saturated heterocycles. The molecule has 0 aromatic carbocycles. The van der Waals surface area contributed by atoms with Crippen LogP contribution in [0.4, 0.5) is 5.82 Å². The van der Waals surface area contributed by atoms with Crippen LogP contribution in [-0.2, 0) is 6.54 Å². The summed E-state index contributed by atoms with van der Waals surface area (Å²) in [4.78, 5) is 9.08. The van der Waals surface area contributed by atoms with Gasteiger partial charge in [-0.2, -0.15) is 0 Å². The first-order valence-corrected chi connectivity index (χ1v) is 5.38. The Kier molecular flexibility index (Phi) is 3.18. The number of piperazine rings is 1. The fraction of sp³-hybridized carbons (Fsp3) is 0.545. The van der Waals surface area contributed by atoms with E-state index in [-0.39, 0.29) is 0 Å². The fourth-order valence-electron chi connectivity index (χ4n) is 1.89. The third-order valence-corrected chi connectivity index (χ3v) is 2.89. The van der Waals surface area contributed by atoms with Gasteiger partial charge in [0.2, 0.25) is 0 Å². The van der Waals surface area contributed by atoms with Gasteiger partial charge in [0.25, 0.3) is 0 Å². The Hall–Kier alpha value is -1.13. The number of nitrogens with zero attached hydrogens (tertiary/aromatic N) is 3. The molecular weight excluding hydrogens is 188 g/mol. The summed E-state index contributed by atoms with van der Waals surface area (Å²) < 4.78 is 0. The average Bonchev–Trinajstić information content (AvgIpc) is 2.30. The van der Waals surface area contributed by atoms with Crippen molar-refractivity contribution in [1.82, 2.24) is 9.88 Å². The van der Waals surface area contributed by atoms with Gasteiger partial charge in [-0.25, -0.2) is 4.98 Å². The zero-order valence-electron chi connectivity index (χ0n) is 9.19. The summed E-state index contributed by atoms with van der Waals surface area (Å²) in [6, 6.07) is 4.00. The topological polar surface area (TPSA) is 45.4 Å². The van der Waals surface area contributed by atoms with Crippen molar-refractivity contribution >= 4 is 5.82 Å². The lowest BCUT2D eigenvalue weighted by Gasteiger charge is -2.34. The van der Waals surface area contributed by atoms with E-state index < -0.39 is 0 Å². The number of hydrogen-bond donors (Lipinski definition) is 1. The van der Waals surface area contributed by atoms with Gasteiger partial charge in [0.15, 0.2) is 0 Å². The van der Waals surface area contributed by atoms with Gasteiger partial charge in [0.05, 0.1) is 0 Å². The van der Waals surface area contributed by atoms with Gasteiger partial charge in [-0.05, 0) is 13.1 Å². The van der Waals surface area contributed by atoms with Crippen molar-refractivity contribution in [3.63, 3.8) is 0 Å². The van der Waals surface area contributed by atoms with Gasteiger partial charge in [-0.3, -0.25) is 0 Å². The van der Waals surface area contributed by atoms with Crippen LogP contribution >= 0.6 is 0 Å². The number of aromatic nitrogens is 1. The molecule has 2 rings (SSSR count). The number of likely N-dealkylation sites (N-methyl/N-ethyl adjacent to an activating group) is 1. The van der Waals surface area contributed by atoms with Crippen LogP contribution in [0.15, 0.2) is 18.3 Å². The molecule has 4 heteroatoms. The standard InChI is InChI=1S/C11H18N4/c1-14-5-7-15(8-6-14)11-10(9-12)3-2-4-13-11/h2-4H,5-9,12H2,1H3. The third-order valence-electron chi connectivity index (χ3n) is 2.89. The SMILES string of the molecule is CN1CCN(c2ncccc2CN)CC1. The van der Waals surface area contributed by atoms with Crippen molar-refractivity contribution in [3.8, 4) is 0 Å². The van der Waals surface area contributed by atoms with Gasteiger partial charge in [0.1, 0.15) is 5.82 Å². The summed E-state index contributed by atoms with van der Waals surface area (Å²) in [7, 11) is 2.15. The lowest BCUT2D eigenvalue weighted by atomic mass is 10.2. The van der Waals surface area contributed by atoms with Crippen molar-refractivity contribution in [1.29, 1.82) is 0 Å². The quantitative estimate of drug-likeness (QED) is 0.755. The molecule has 4 nitrogen and oxygen atoms in total. The lowest BCUT2D eigenvalue weighted by Crippen LogP contribution is -2.45. The van der Waals surface area contributed by atoms with E-state index in [1.165, 1.54) is 0 Å². The summed E-state index contributed by atoms with van der Waals surface area (Å²) in [6.07, 6.45) is 1.84. The lowest BCUT2D eigenvalue weighted by molar-refractivity contribution is 0.312. The molecule has 2 N–H and O–H groups in total. The molecule has 0 spiro atoms. The van der Waals surface area contributed by atoms with Crippen LogP contribution in [0.5, 0.6) is 0 Å². The van der Waals surface area contributed by atoms with Crippen molar-refractivity contribution in [2.24, 2.45) is 5.73 Å². The van der Waals surface area contributed by atoms with Gasteiger partial charge < -0.3 is 15.5 Å². The van der Waals surface area contributed by atoms with Gasteiger partial charge in [-0.15, -0.1) is 0 Å². The zero-order chi connectivity index (χ0) is 10.7. The van der Waals surface area contributed by atoms with Crippen molar-refractivity contribution < 1.29 is 0 Å². The predicted molar refractivity (Wildman–Crippen MR) is 61.8 cm³/mol. The van der Waals surface area contributed by atoms with E-state index in [1.54, 1.807) is 0 Å². The van der Waals surface area contributed by atoms with Crippen LogP contribution in [0.2, 0.25) is 0 Å². The second-order valence-electron chi connectivity index (χ2n) is 3.98. The molecule has 0 aliphatic carbocycles. The van der Waals surface area contributed by atoms with E-state index in [1.807, 2.05) is 12.3 Å². The van der Waals surface area contributed by atoms with E-state index in [4.69, 9.17) is 5.73 Å². The molecule has 0 radical (unpaired) electrons. The zero-order valence-corrected chi connectivity index (χ0v) is 9.19. The minimum absolute atomic E-state index is 0.565. The molecule has 0 saturated carbocycles. The fourth-order valence-corrected chi connectivity index (χ4v) is 1.89. The minimum Gasteiger partial charge on any atom is -0.354 e. The molecule has 1 aliphatic heterocycles. The Balaban J connectivity index is 2.15. The number of hydrogen-bond acceptors (Lipinski definition) is 4. The molecule has 15 heavy (non-hydrogen) atoms. The normalized spacial score (nSPS) is 18.1. The predicted octanol–water partition coefficient (Wildman–Crippen LogP) is 0.292. The van der Waals surface area contributed by atoms with E-state index in [9.17, 15) is 0 Å². The first kappa shape index (κ1) is 10.4. The van der Waals surface area contributed by atoms with Crippen LogP contribution in [0.25, 0.3) is 0 Å². The number of pyridine rings is 1. The van der Waals surface area contributed by atoms with E-state index in [2.05, 4.69) is 27.9 Å². The minimum atomic E-state index is 0.565. The van der Waals surface area contributed by atoms with Crippen molar-refractivity contribution in [2.45, 2.75) is 6.54 Å². The van der Waals surface area contributed by atoms with E-state index in [0.717, 1.165) is 37.6 Å². The molecule has 0 atom stereocenters. The molecule has 0 unspecified atom stereocenters. The second kappa shape index (κ2) is 4.59. The maximum absolute atomic E-state index is 5.71. The third kappa shape index (κ3) is 2.27. The Bertz CT molecular complexity index is 318. The number of nitrogens with two attached hydrogens (primary N) is 1. The summed E-state index contributed by atoms with van der Waals surface area (Å²) >= 11 is 0. The van der Waals surface area contributed by atoms with Crippen LogP contribution in [0, 0.1) is 0 Å². The van der Waals surface area contributed by atoms with E-state index in [0.29, 0.717) is 6.54 Å². The van der Waals surface area contributed by atoms with Crippen LogP contribution in [-0.4, -0.2) is 43.1 Å². The van der Waals surface area contributed by atoms with Gasteiger partial charge in [0, 0.05) is 44.5 Å².